The maximum Gasteiger partial charge on any atom is 0.191 e. The summed E-state index contributed by atoms with van der Waals surface area (Å²) < 4.78 is 0. The van der Waals surface area contributed by atoms with Crippen LogP contribution in [-0.4, -0.2) is 10.2 Å². The largest absolute Gasteiger partial charge is 0.191 e. The molecule has 0 aliphatic heterocycles. The molecule has 0 amide bonds. The second-order valence-corrected chi connectivity index (χ2v) is 4.81. The first-order chi connectivity index (χ1) is 5.47. The van der Waals surface area contributed by atoms with Crippen molar-refractivity contribution in [3.05, 3.63) is 10.0 Å². The van der Waals surface area contributed by atoms with Crippen molar-refractivity contribution in [1.29, 1.82) is 0 Å². The fourth-order valence-corrected chi connectivity index (χ4v) is 1.13. The van der Waals surface area contributed by atoms with Gasteiger partial charge in [0.05, 0.1) is 0 Å². The Balaban J connectivity index is 2.80. The molecule has 1 rings (SSSR count). The molecule has 0 radical (unpaired) electrons. The molecule has 0 spiro atoms. The number of aromatic nitrogens is 2. The van der Waals surface area contributed by atoms with Crippen LogP contribution in [0.1, 0.15) is 30.8 Å². The SMILES string of the molecule is Cc1nnc(C#CC(C)(C)C)s1. The zero-order chi connectivity index (χ0) is 9.19. The molecular weight excluding hydrogens is 168 g/mol. The fourth-order valence-electron chi connectivity index (χ4n) is 0.588. The van der Waals surface area contributed by atoms with Crippen molar-refractivity contribution in [3.8, 4) is 11.8 Å². The Bertz CT molecular complexity index is 322. The molecule has 0 saturated heterocycles. The molecule has 1 aromatic rings. The summed E-state index contributed by atoms with van der Waals surface area (Å²) in [5, 5.41) is 9.57. The van der Waals surface area contributed by atoms with Gasteiger partial charge in [-0.25, -0.2) is 0 Å². The first-order valence-corrected chi connectivity index (χ1v) is 4.62. The standard InChI is InChI=1S/C9H12N2S/c1-7-10-11-8(12-7)5-6-9(2,3)4/h1-4H3. The van der Waals surface area contributed by atoms with Crippen LogP contribution in [0.3, 0.4) is 0 Å². The topological polar surface area (TPSA) is 25.8 Å². The van der Waals surface area contributed by atoms with E-state index in [1.54, 1.807) is 0 Å². The molecule has 0 fully saturated rings. The van der Waals surface area contributed by atoms with Crippen LogP contribution in [0.4, 0.5) is 0 Å². The molecule has 1 aromatic heterocycles. The minimum atomic E-state index is 0.0412. The molecule has 0 aromatic carbocycles. The second-order valence-electron chi connectivity index (χ2n) is 3.63. The summed E-state index contributed by atoms with van der Waals surface area (Å²) in [6.45, 7) is 8.16. The molecule has 64 valence electrons. The van der Waals surface area contributed by atoms with E-state index in [4.69, 9.17) is 0 Å². The Morgan fingerprint density at radius 3 is 2.33 bits per heavy atom. The maximum absolute atomic E-state index is 3.91. The zero-order valence-electron chi connectivity index (χ0n) is 7.80. The van der Waals surface area contributed by atoms with E-state index in [1.165, 1.54) is 11.3 Å². The molecule has 0 aliphatic carbocycles. The summed E-state index contributed by atoms with van der Waals surface area (Å²) in [5.74, 6) is 6.11. The Morgan fingerprint density at radius 1 is 1.25 bits per heavy atom. The summed E-state index contributed by atoms with van der Waals surface area (Å²) in [6, 6.07) is 0. The molecule has 12 heavy (non-hydrogen) atoms. The Kier molecular flexibility index (Phi) is 2.49. The van der Waals surface area contributed by atoms with Crippen molar-refractivity contribution in [1.82, 2.24) is 10.2 Å². The van der Waals surface area contributed by atoms with Crippen LogP contribution >= 0.6 is 11.3 Å². The highest BCUT2D eigenvalue weighted by Crippen LogP contribution is 2.12. The van der Waals surface area contributed by atoms with E-state index in [0.717, 1.165) is 10.0 Å². The van der Waals surface area contributed by atoms with Gasteiger partial charge in [0, 0.05) is 5.41 Å². The molecular formula is C9H12N2S. The van der Waals surface area contributed by atoms with Gasteiger partial charge in [0.15, 0.2) is 5.01 Å². The van der Waals surface area contributed by atoms with Gasteiger partial charge in [-0.3, -0.25) is 0 Å². The van der Waals surface area contributed by atoms with E-state index < -0.39 is 0 Å². The van der Waals surface area contributed by atoms with Crippen LogP contribution < -0.4 is 0 Å². The van der Waals surface area contributed by atoms with E-state index in [2.05, 4.69) is 42.8 Å². The van der Waals surface area contributed by atoms with Crippen LogP contribution in [0.15, 0.2) is 0 Å². The predicted octanol–water partition coefficient (Wildman–Crippen LogP) is 2.24. The lowest BCUT2D eigenvalue weighted by molar-refractivity contribution is 0.571. The van der Waals surface area contributed by atoms with Crippen LogP contribution in [0.2, 0.25) is 0 Å². The Morgan fingerprint density at radius 2 is 1.92 bits per heavy atom. The van der Waals surface area contributed by atoms with Gasteiger partial charge in [-0.15, -0.1) is 10.2 Å². The van der Waals surface area contributed by atoms with Gasteiger partial charge in [-0.2, -0.15) is 0 Å². The molecule has 1 heterocycles. The van der Waals surface area contributed by atoms with E-state index in [9.17, 15) is 0 Å². The van der Waals surface area contributed by atoms with E-state index in [-0.39, 0.29) is 5.41 Å². The zero-order valence-corrected chi connectivity index (χ0v) is 8.62. The molecule has 0 bridgehead atoms. The van der Waals surface area contributed by atoms with E-state index >= 15 is 0 Å². The molecule has 0 N–H and O–H groups in total. The van der Waals surface area contributed by atoms with Gasteiger partial charge in [-0.05, 0) is 33.6 Å². The molecule has 0 aliphatic rings. The fraction of sp³-hybridized carbons (Fsp3) is 0.556. The lowest BCUT2D eigenvalue weighted by Crippen LogP contribution is -1.99. The quantitative estimate of drug-likeness (QED) is 0.572. The number of rotatable bonds is 0. The maximum atomic E-state index is 3.91. The summed E-state index contributed by atoms with van der Waals surface area (Å²) in [5.41, 5.74) is 0.0412. The number of hydrogen-bond donors (Lipinski definition) is 0. The summed E-state index contributed by atoms with van der Waals surface area (Å²) in [7, 11) is 0. The second kappa shape index (κ2) is 3.24. The van der Waals surface area contributed by atoms with Gasteiger partial charge in [0.2, 0.25) is 0 Å². The summed E-state index contributed by atoms with van der Waals surface area (Å²) in [4.78, 5) is 0. The van der Waals surface area contributed by atoms with Crippen LogP contribution in [-0.2, 0) is 0 Å². The van der Waals surface area contributed by atoms with Crippen molar-refractivity contribution in [2.24, 2.45) is 5.41 Å². The lowest BCUT2D eigenvalue weighted by Gasteiger charge is -2.05. The normalized spacial score (nSPS) is 10.7. The van der Waals surface area contributed by atoms with Crippen LogP contribution in [0.25, 0.3) is 0 Å². The molecule has 3 heteroatoms. The third kappa shape index (κ3) is 3.02. The first kappa shape index (κ1) is 9.21. The van der Waals surface area contributed by atoms with Crippen LogP contribution in [0.5, 0.6) is 0 Å². The third-order valence-corrected chi connectivity index (χ3v) is 1.82. The van der Waals surface area contributed by atoms with E-state index in [1.807, 2.05) is 6.92 Å². The highest BCUT2D eigenvalue weighted by Gasteiger charge is 2.04. The van der Waals surface area contributed by atoms with Crippen molar-refractivity contribution < 1.29 is 0 Å². The van der Waals surface area contributed by atoms with Gasteiger partial charge < -0.3 is 0 Å². The van der Waals surface area contributed by atoms with E-state index in [0.29, 0.717) is 0 Å². The number of hydrogen-bond acceptors (Lipinski definition) is 3. The Hall–Kier alpha value is -0.880. The monoisotopic (exact) mass is 180 g/mol. The van der Waals surface area contributed by atoms with Gasteiger partial charge >= 0.3 is 0 Å². The molecule has 0 saturated carbocycles. The van der Waals surface area contributed by atoms with Crippen LogP contribution in [0, 0.1) is 24.2 Å². The minimum absolute atomic E-state index is 0.0412. The first-order valence-electron chi connectivity index (χ1n) is 3.81. The van der Waals surface area contributed by atoms with Gasteiger partial charge in [0.25, 0.3) is 0 Å². The highest BCUT2D eigenvalue weighted by atomic mass is 32.1. The summed E-state index contributed by atoms with van der Waals surface area (Å²) in [6.07, 6.45) is 0. The molecule has 0 atom stereocenters. The van der Waals surface area contributed by atoms with Crippen molar-refractivity contribution in [2.45, 2.75) is 27.7 Å². The van der Waals surface area contributed by atoms with Gasteiger partial charge in [-0.1, -0.05) is 17.3 Å². The smallest absolute Gasteiger partial charge is 0.143 e. The van der Waals surface area contributed by atoms with Crippen molar-refractivity contribution in [3.63, 3.8) is 0 Å². The predicted molar refractivity (Wildman–Crippen MR) is 51.0 cm³/mol. The molecule has 2 nitrogen and oxygen atoms in total. The van der Waals surface area contributed by atoms with Crippen molar-refractivity contribution in [2.75, 3.05) is 0 Å². The average molecular weight is 180 g/mol. The molecule has 0 unspecified atom stereocenters. The number of aryl methyl sites for hydroxylation is 1. The summed E-state index contributed by atoms with van der Waals surface area (Å²) >= 11 is 1.53. The minimum Gasteiger partial charge on any atom is -0.143 e. The third-order valence-electron chi connectivity index (χ3n) is 1.07. The lowest BCUT2D eigenvalue weighted by atomic mass is 9.98. The average Bonchev–Trinajstić information content (AvgIpc) is 2.30. The number of nitrogens with zero attached hydrogens (tertiary/aromatic N) is 2. The van der Waals surface area contributed by atoms with Gasteiger partial charge in [0.1, 0.15) is 5.01 Å². The highest BCUT2D eigenvalue weighted by molar-refractivity contribution is 7.11. The Labute approximate surface area is 77.0 Å². The van der Waals surface area contributed by atoms with Crippen molar-refractivity contribution >= 4 is 11.3 Å².